The average Bonchev–Trinajstić information content (AvgIpc) is 3.09. The Bertz CT molecular complexity index is 721. The fourth-order valence-electron chi connectivity index (χ4n) is 4.83. The molecule has 1 aliphatic rings. The summed E-state index contributed by atoms with van der Waals surface area (Å²) in [4.78, 5) is 0. The Morgan fingerprint density at radius 1 is 0.871 bits per heavy atom. The van der Waals surface area contributed by atoms with Crippen LogP contribution in [0.4, 0.5) is 0 Å². The fourth-order valence-corrected chi connectivity index (χ4v) is 22.5. The van der Waals surface area contributed by atoms with Gasteiger partial charge in [-0.25, -0.2) is 0 Å². The molecule has 3 nitrogen and oxygen atoms in total. The zero-order valence-corrected chi connectivity index (χ0v) is 27.3. The average molecular weight is 664 g/mol. The Labute approximate surface area is 199 Å². The molecule has 0 saturated heterocycles. The normalized spacial score (nSPS) is 17.9. The molecule has 31 heavy (non-hydrogen) atoms. The summed E-state index contributed by atoms with van der Waals surface area (Å²) in [5.74, 6) is 0.377. The zero-order valence-electron chi connectivity index (χ0n) is 22.0. The molecule has 0 fully saturated rings. The fraction of sp³-hybridized carbons (Fsp3) is 0.667. The van der Waals surface area contributed by atoms with Gasteiger partial charge in [-0.2, -0.15) is 0 Å². The van der Waals surface area contributed by atoms with E-state index in [4.69, 9.17) is 13.3 Å². The van der Waals surface area contributed by atoms with Crippen molar-refractivity contribution in [2.45, 2.75) is 73.6 Å². The van der Waals surface area contributed by atoms with Crippen molar-refractivity contribution in [2.75, 3.05) is 21.3 Å². The molecular weight excluding hydrogens is 616 g/mol. The van der Waals surface area contributed by atoms with Crippen molar-refractivity contribution >= 4 is 25.0 Å². The van der Waals surface area contributed by atoms with Crippen LogP contribution in [-0.4, -0.2) is 46.3 Å². The van der Waals surface area contributed by atoms with Crippen LogP contribution in [0.25, 0.3) is 0 Å². The minimum atomic E-state index is -2.65. The van der Waals surface area contributed by atoms with E-state index in [9.17, 15) is 0 Å². The topological polar surface area (TPSA) is 27.7 Å². The molecule has 184 valence electrons. The third-order valence-corrected chi connectivity index (χ3v) is 21.8. The van der Waals surface area contributed by atoms with Crippen molar-refractivity contribution in [1.82, 2.24) is 0 Å². The van der Waals surface area contributed by atoms with Gasteiger partial charge < -0.3 is 0 Å². The second kappa shape index (κ2) is 11.1. The van der Waals surface area contributed by atoms with Gasteiger partial charge in [0.2, 0.25) is 0 Å². The first-order valence-corrected chi connectivity index (χ1v) is 27.2. The van der Waals surface area contributed by atoms with E-state index in [-0.39, 0.29) is 0 Å². The third kappa shape index (κ3) is 6.62. The molecule has 7 heteroatoms. The molecule has 0 heterocycles. The van der Waals surface area contributed by atoms with Crippen LogP contribution in [0.15, 0.2) is 45.2 Å². The summed E-state index contributed by atoms with van der Waals surface area (Å²) in [6.07, 6.45) is 5.45. The summed E-state index contributed by atoms with van der Waals surface area (Å²) in [5, 5.41) is 11.2. The molecule has 1 unspecified atom stereocenters. The van der Waals surface area contributed by atoms with Crippen molar-refractivity contribution < 1.29 is 29.3 Å². The number of hydrogen-bond acceptors (Lipinski definition) is 3. The molecule has 0 saturated carbocycles. The Hall–Kier alpha value is 0.179. The monoisotopic (exact) mass is 663 g/mol. The van der Waals surface area contributed by atoms with Crippen LogP contribution in [0.2, 0.25) is 60.3 Å². The van der Waals surface area contributed by atoms with Crippen LogP contribution < -0.4 is 0 Å². The second-order valence-corrected chi connectivity index (χ2v) is 34.3. The van der Waals surface area contributed by atoms with Gasteiger partial charge in [-0.05, 0) is 0 Å². The van der Waals surface area contributed by atoms with Gasteiger partial charge >= 0.3 is 200 Å². The molecule has 0 N–H and O–H groups in total. The molecule has 0 aromatic heterocycles. The van der Waals surface area contributed by atoms with Gasteiger partial charge in [0.1, 0.15) is 0 Å². The van der Waals surface area contributed by atoms with Crippen molar-refractivity contribution in [2.24, 2.45) is 5.92 Å². The number of hydrogen-bond donors (Lipinski definition) is 0. The van der Waals surface area contributed by atoms with Gasteiger partial charge in [-0.3, -0.25) is 0 Å². The predicted molar refractivity (Wildman–Crippen MR) is 142 cm³/mol. The van der Waals surface area contributed by atoms with E-state index in [0.717, 1.165) is 24.6 Å². The second-order valence-electron chi connectivity index (χ2n) is 10.4. The molecular formula is C24H48O3PtSi3. The zero-order chi connectivity index (χ0) is 24.3. The Kier molecular flexibility index (Phi) is 10.4. The van der Waals surface area contributed by atoms with E-state index in [0.29, 0.717) is 5.92 Å². The van der Waals surface area contributed by atoms with Crippen LogP contribution in [0.5, 0.6) is 0 Å². The van der Waals surface area contributed by atoms with E-state index in [2.05, 4.69) is 74.4 Å². The molecule has 1 aliphatic carbocycles. The van der Waals surface area contributed by atoms with E-state index in [1.54, 1.807) is 37.3 Å². The van der Waals surface area contributed by atoms with Crippen molar-refractivity contribution in [3.63, 3.8) is 0 Å². The molecule has 1 rings (SSSR count). The first kappa shape index (κ1) is 29.2. The summed E-state index contributed by atoms with van der Waals surface area (Å²) in [5.41, 5.74) is 1.65. The maximum atomic E-state index is 5.82. The van der Waals surface area contributed by atoms with E-state index in [1.165, 1.54) is 0 Å². The van der Waals surface area contributed by atoms with E-state index in [1.807, 2.05) is 3.96 Å². The first-order chi connectivity index (χ1) is 14.2. The summed E-state index contributed by atoms with van der Waals surface area (Å²) in [7, 11) is -0.818. The first-order valence-electron chi connectivity index (χ1n) is 10.9. The van der Waals surface area contributed by atoms with Gasteiger partial charge in [0, 0.05) is 0 Å². The van der Waals surface area contributed by atoms with Crippen molar-refractivity contribution in [3.8, 4) is 0 Å². The van der Waals surface area contributed by atoms with Crippen LogP contribution in [0, 0.1) is 5.92 Å². The Balaban J connectivity index is 3.79. The quantitative estimate of drug-likeness (QED) is 0.150. The Morgan fingerprint density at radius 3 is 1.65 bits per heavy atom. The molecule has 0 radical (unpaired) electrons. The summed E-state index contributed by atoms with van der Waals surface area (Å²) >= 11 is -1.98. The molecule has 0 aromatic rings. The third-order valence-electron chi connectivity index (χ3n) is 6.48. The van der Waals surface area contributed by atoms with Crippen LogP contribution in [0.1, 0.15) is 13.3 Å². The Morgan fingerprint density at radius 2 is 1.29 bits per heavy atom. The molecule has 0 amide bonds. The van der Waals surface area contributed by atoms with Gasteiger partial charge in [0.05, 0.1) is 0 Å². The van der Waals surface area contributed by atoms with E-state index >= 15 is 0 Å². The molecule has 1 atom stereocenters. The minimum absolute atomic E-state index is 0.377. The van der Waals surface area contributed by atoms with Crippen LogP contribution >= 0.6 is 0 Å². The molecule has 0 bridgehead atoms. The summed E-state index contributed by atoms with van der Waals surface area (Å²) < 4.78 is 19.3. The van der Waals surface area contributed by atoms with Gasteiger partial charge in [0.25, 0.3) is 0 Å². The van der Waals surface area contributed by atoms with Gasteiger partial charge in [-0.15, -0.1) is 0 Å². The SMILES string of the molecule is C=CC[Si](C)(C)C1=C(C(C)C[Si](OC)(OC)OC)C[C]([Pt]([CH3])([CH3])[CH3])=C1[Si](C)(C)CC=C. The molecule has 0 spiro atoms. The number of rotatable bonds is 13. The van der Waals surface area contributed by atoms with Gasteiger partial charge in [0.15, 0.2) is 0 Å². The standard InChI is InChI=1S/C21H39O3Si3.3CH3.Pt/c1-11-15-25(7,8)20-14-13-19(21(20)26(9,10)16-12-2)18(3)17-27(22-4,23-5)24-6;;;;/h11-12,18H,1-2,13,15-17H2,3-10H3;3*1H3;. The number of allylic oxidation sites excluding steroid dienone is 6. The van der Waals surface area contributed by atoms with E-state index < -0.39 is 41.0 Å². The summed E-state index contributed by atoms with van der Waals surface area (Å²) in [6.45, 7) is 20.8. The van der Waals surface area contributed by atoms with Crippen molar-refractivity contribution in [1.29, 1.82) is 0 Å². The van der Waals surface area contributed by atoms with Crippen LogP contribution in [-0.2, 0) is 29.3 Å². The summed E-state index contributed by atoms with van der Waals surface area (Å²) in [6, 6.07) is 3.08. The van der Waals surface area contributed by atoms with Crippen LogP contribution in [0.3, 0.4) is 0 Å². The predicted octanol–water partition coefficient (Wildman–Crippen LogP) is 7.62. The molecule has 0 aliphatic heterocycles. The molecule has 0 aromatic carbocycles. The maximum absolute atomic E-state index is 5.82. The van der Waals surface area contributed by atoms with Gasteiger partial charge in [-0.1, -0.05) is 0 Å². The van der Waals surface area contributed by atoms with Crippen molar-refractivity contribution in [3.05, 3.63) is 45.2 Å².